The fourth-order valence-electron chi connectivity index (χ4n) is 4.30. The summed E-state index contributed by atoms with van der Waals surface area (Å²) in [5, 5.41) is 23.3. The number of benzene rings is 1. The average Bonchev–Trinajstić information content (AvgIpc) is 3.19. The number of alkyl halides is 1. The monoisotopic (exact) mass is 435 g/mol. The van der Waals surface area contributed by atoms with E-state index >= 15 is 0 Å². The summed E-state index contributed by atoms with van der Waals surface area (Å²) in [5.41, 5.74) is 2.20. The molecule has 0 atom stereocenters. The smallest absolute Gasteiger partial charge is 0.155 e. The van der Waals surface area contributed by atoms with Crippen molar-refractivity contribution in [2.24, 2.45) is 0 Å². The van der Waals surface area contributed by atoms with Gasteiger partial charge in [-0.05, 0) is 56.2 Å². The minimum atomic E-state index is -0.948. The lowest BCUT2D eigenvalue weighted by Crippen LogP contribution is -2.49. The highest BCUT2D eigenvalue weighted by Gasteiger charge is 2.48. The molecule has 32 heavy (non-hydrogen) atoms. The van der Waals surface area contributed by atoms with Crippen LogP contribution in [0.15, 0.2) is 48.7 Å². The number of fused-ring (bicyclic) bond motifs is 1. The molecule has 3 aromatic heterocycles. The Hall–Kier alpha value is -3.62. The molecule has 7 nitrogen and oxygen atoms in total. The van der Waals surface area contributed by atoms with E-state index in [0.717, 1.165) is 34.5 Å². The van der Waals surface area contributed by atoms with Gasteiger partial charge in [-0.3, -0.25) is 10.1 Å². The van der Waals surface area contributed by atoms with E-state index in [2.05, 4.69) is 36.0 Å². The molecular formula is C23H23F2N7. The van der Waals surface area contributed by atoms with Crippen molar-refractivity contribution in [1.82, 2.24) is 25.4 Å². The molecule has 0 radical (unpaired) electrons. The number of hydrogen-bond donors (Lipinski definition) is 3. The van der Waals surface area contributed by atoms with E-state index in [1.165, 1.54) is 12.1 Å². The summed E-state index contributed by atoms with van der Waals surface area (Å²) in [4.78, 5) is 4.18. The van der Waals surface area contributed by atoms with E-state index in [4.69, 9.17) is 0 Å². The maximum atomic E-state index is 14.3. The van der Waals surface area contributed by atoms with Crippen LogP contribution in [0.1, 0.15) is 25.5 Å². The summed E-state index contributed by atoms with van der Waals surface area (Å²) < 4.78 is 28.1. The van der Waals surface area contributed by atoms with Crippen LogP contribution in [0.5, 0.6) is 0 Å². The number of aromatic nitrogens is 5. The molecule has 4 aromatic rings. The van der Waals surface area contributed by atoms with Gasteiger partial charge in [0, 0.05) is 35.7 Å². The van der Waals surface area contributed by atoms with Gasteiger partial charge in [-0.1, -0.05) is 6.07 Å². The second-order valence-corrected chi connectivity index (χ2v) is 8.14. The van der Waals surface area contributed by atoms with Crippen LogP contribution in [-0.2, 0) is 5.41 Å². The summed E-state index contributed by atoms with van der Waals surface area (Å²) >= 11 is 0. The number of rotatable bonds is 7. The molecule has 1 fully saturated rings. The molecule has 3 N–H and O–H groups in total. The van der Waals surface area contributed by atoms with Gasteiger partial charge in [0.25, 0.3) is 0 Å². The second kappa shape index (κ2) is 8.14. The molecule has 0 amide bonds. The molecule has 0 spiro atoms. The summed E-state index contributed by atoms with van der Waals surface area (Å²) in [6.45, 7) is 3.13. The number of nitrogens with zero attached hydrogens (tertiary/aromatic N) is 4. The van der Waals surface area contributed by atoms with Crippen LogP contribution in [0, 0.1) is 5.82 Å². The number of H-pyrrole nitrogens is 1. The Morgan fingerprint density at radius 3 is 2.72 bits per heavy atom. The van der Waals surface area contributed by atoms with Crippen LogP contribution >= 0.6 is 0 Å². The van der Waals surface area contributed by atoms with Crippen molar-refractivity contribution >= 4 is 22.5 Å². The minimum absolute atomic E-state index is 0.234. The first kappa shape index (κ1) is 20.3. The third kappa shape index (κ3) is 3.63. The van der Waals surface area contributed by atoms with Crippen molar-refractivity contribution in [2.45, 2.75) is 31.4 Å². The first-order valence-electron chi connectivity index (χ1n) is 10.6. The van der Waals surface area contributed by atoms with Crippen LogP contribution in [-0.4, -0.2) is 44.6 Å². The zero-order valence-electron chi connectivity index (χ0n) is 17.6. The molecule has 0 unspecified atom stereocenters. The fourth-order valence-corrected chi connectivity index (χ4v) is 4.30. The summed E-state index contributed by atoms with van der Waals surface area (Å²) in [7, 11) is 0. The second-order valence-electron chi connectivity index (χ2n) is 8.14. The van der Waals surface area contributed by atoms with Crippen molar-refractivity contribution in [1.29, 1.82) is 0 Å². The molecule has 0 bridgehead atoms. The predicted octanol–water partition coefficient (Wildman–Crippen LogP) is 4.47. The predicted molar refractivity (Wildman–Crippen MR) is 120 cm³/mol. The normalized spacial score (nSPS) is 20.2. The van der Waals surface area contributed by atoms with Crippen LogP contribution < -0.4 is 10.6 Å². The summed E-state index contributed by atoms with van der Waals surface area (Å²) in [6, 6.07) is 12.5. The standard InChI is InChI=1S/C23H23F2N7/c1-2-26-22-16-10-14(5-6-19(16)30-32-22)18-7-8-20(31-29-18)28-13-23(11-15(24)12-23)21-17(25)4-3-9-27-21/h3-10,15H,2,11-13H2,1H3,(H,28,31)(H2,26,30,32)/t15-,23-. The van der Waals surface area contributed by atoms with Crippen molar-refractivity contribution in [3.05, 3.63) is 60.2 Å². The molecular weight excluding hydrogens is 412 g/mol. The lowest BCUT2D eigenvalue weighted by molar-refractivity contribution is 0.0964. The van der Waals surface area contributed by atoms with Crippen molar-refractivity contribution in [3.63, 3.8) is 0 Å². The largest absolute Gasteiger partial charge is 0.368 e. The third-order valence-electron chi connectivity index (χ3n) is 5.96. The number of anilines is 2. The number of nitrogens with one attached hydrogen (secondary N) is 3. The highest BCUT2D eigenvalue weighted by molar-refractivity contribution is 5.92. The van der Waals surface area contributed by atoms with Gasteiger partial charge in [0.2, 0.25) is 0 Å². The topological polar surface area (TPSA) is 91.4 Å². The Labute approximate surface area is 183 Å². The first-order valence-corrected chi connectivity index (χ1v) is 10.6. The van der Waals surface area contributed by atoms with Crippen LogP contribution in [0.3, 0.4) is 0 Å². The van der Waals surface area contributed by atoms with E-state index < -0.39 is 17.4 Å². The zero-order valence-corrected chi connectivity index (χ0v) is 17.6. The molecule has 0 saturated heterocycles. The maximum absolute atomic E-state index is 14.3. The Balaban J connectivity index is 1.33. The third-order valence-corrected chi connectivity index (χ3v) is 5.96. The Kier molecular flexibility index (Phi) is 5.16. The number of aromatic amines is 1. The van der Waals surface area contributed by atoms with Crippen molar-refractivity contribution < 1.29 is 8.78 Å². The maximum Gasteiger partial charge on any atom is 0.155 e. The van der Waals surface area contributed by atoms with E-state index in [1.54, 1.807) is 6.20 Å². The van der Waals surface area contributed by atoms with Gasteiger partial charge in [0.05, 0.1) is 16.9 Å². The van der Waals surface area contributed by atoms with Gasteiger partial charge >= 0.3 is 0 Å². The first-order chi connectivity index (χ1) is 15.6. The van der Waals surface area contributed by atoms with E-state index in [-0.39, 0.29) is 12.8 Å². The molecule has 1 aromatic carbocycles. The van der Waals surface area contributed by atoms with Crippen molar-refractivity contribution in [2.75, 3.05) is 23.7 Å². The lowest BCUT2D eigenvalue weighted by Gasteiger charge is -2.44. The molecule has 9 heteroatoms. The Bertz CT molecular complexity index is 1230. The molecule has 0 aliphatic heterocycles. The molecule has 1 aliphatic carbocycles. The zero-order chi connectivity index (χ0) is 22.1. The van der Waals surface area contributed by atoms with Crippen molar-refractivity contribution in [3.8, 4) is 11.3 Å². The van der Waals surface area contributed by atoms with E-state index in [0.29, 0.717) is 18.1 Å². The number of halogens is 2. The number of hydrogen-bond acceptors (Lipinski definition) is 6. The summed E-state index contributed by atoms with van der Waals surface area (Å²) in [6.07, 6.45) is 1.06. The van der Waals surface area contributed by atoms with Gasteiger partial charge < -0.3 is 10.6 Å². The molecule has 3 heterocycles. The minimum Gasteiger partial charge on any atom is -0.368 e. The van der Waals surface area contributed by atoms with E-state index in [9.17, 15) is 8.78 Å². The van der Waals surface area contributed by atoms with E-state index in [1.807, 2.05) is 37.3 Å². The van der Waals surface area contributed by atoms with Crippen LogP contribution in [0.4, 0.5) is 20.4 Å². The van der Waals surface area contributed by atoms with Crippen LogP contribution in [0.2, 0.25) is 0 Å². The highest BCUT2D eigenvalue weighted by Crippen LogP contribution is 2.45. The SMILES string of the molecule is CCNc1n[nH]c2ccc(-c3ccc(NC[C@]4(c5ncccc5F)C[C@H](F)C4)nn3)cc12. The molecule has 5 rings (SSSR count). The Morgan fingerprint density at radius 1 is 1.12 bits per heavy atom. The lowest BCUT2D eigenvalue weighted by atomic mass is 9.65. The van der Waals surface area contributed by atoms with Gasteiger partial charge in [-0.25, -0.2) is 8.78 Å². The quantitative estimate of drug-likeness (QED) is 0.397. The highest BCUT2D eigenvalue weighted by atomic mass is 19.1. The average molecular weight is 435 g/mol. The van der Waals surface area contributed by atoms with Gasteiger partial charge in [-0.15, -0.1) is 10.2 Å². The number of pyridine rings is 1. The molecule has 1 aliphatic rings. The fraction of sp³-hybridized carbons (Fsp3) is 0.304. The molecule has 164 valence electrons. The van der Waals surface area contributed by atoms with Gasteiger partial charge in [-0.2, -0.15) is 5.10 Å². The molecule has 1 saturated carbocycles. The summed E-state index contributed by atoms with van der Waals surface area (Å²) in [5.74, 6) is 0.938. The van der Waals surface area contributed by atoms with Gasteiger partial charge in [0.1, 0.15) is 17.8 Å². The van der Waals surface area contributed by atoms with Crippen LogP contribution in [0.25, 0.3) is 22.2 Å². The Morgan fingerprint density at radius 2 is 2.00 bits per heavy atom. The van der Waals surface area contributed by atoms with Gasteiger partial charge in [0.15, 0.2) is 5.82 Å².